The number of nitrogens with zero attached hydrogens (tertiary/aromatic N) is 1. The number of carbonyl (C=O) groups excluding carboxylic acids is 1. The summed E-state index contributed by atoms with van der Waals surface area (Å²) in [5.41, 5.74) is 16.2. The lowest BCUT2D eigenvalue weighted by atomic mass is 10.0. The molecule has 2 aromatic heterocycles. The van der Waals surface area contributed by atoms with E-state index < -0.39 is 17.6 Å². The van der Waals surface area contributed by atoms with Crippen molar-refractivity contribution in [2.45, 2.75) is 6.18 Å². The highest BCUT2D eigenvalue weighted by Crippen LogP contribution is 2.43. The first-order chi connectivity index (χ1) is 11.2. The van der Waals surface area contributed by atoms with Crippen molar-refractivity contribution < 1.29 is 18.0 Å². The lowest BCUT2D eigenvalue weighted by molar-refractivity contribution is -0.136. The maximum absolute atomic E-state index is 13.5. The normalized spacial score (nSPS) is 11.8. The fourth-order valence-electron chi connectivity index (χ4n) is 2.37. The fourth-order valence-corrected chi connectivity index (χ4v) is 3.35. The van der Waals surface area contributed by atoms with E-state index >= 15 is 0 Å². The Kier molecular flexibility index (Phi) is 3.60. The van der Waals surface area contributed by atoms with Crippen LogP contribution in [0.2, 0.25) is 0 Å². The number of anilines is 2. The van der Waals surface area contributed by atoms with Crippen molar-refractivity contribution in [2.24, 2.45) is 5.73 Å². The van der Waals surface area contributed by atoms with Gasteiger partial charge >= 0.3 is 6.18 Å². The van der Waals surface area contributed by atoms with Crippen LogP contribution in [0.5, 0.6) is 0 Å². The van der Waals surface area contributed by atoms with Gasteiger partial charge in [0.25, 0.3) is 5.91 Å². The van der Waals surface area contributed by atoms with Crippen molar-refractivity contribution in [3.63, 3.8) is 0 Å². The summed E-state index contributed by atoms with van der Waals surface area (Å²) in [5, 5.41) is -0.311. The molecule has 9 heteroatoms. The molecule has 124 valence electrons. The van der Waals surface area contributed by atoms with Gasteiger partial charge in [-0.05, 0) is 18.2 Å². The van der Waals surface area contributed by atoms with Gasteiger partial charge in [-0.1, -0.05) is 12.1 Å². The van der Waals surface area contributed by atoms with Gasteiger partial charge in [-0.3, -0.25) is 4.79 Å². The maximum atomic E-state index is 13.5. The van der Waals surface area contributed by atoms with Crippen LogP contribution in [0, 0.1) is 0 Å². The Morgan fingerprint density at radius 2 is 1.88 bits per heavy atom. The summed E-state index contributed by atoms with van der Waals surface area (Å²) >= 11 is 0.733. The zero-order chi connectivity index (χ0) is 17.6. The highest BCUT2D eigenvalue weighted by molar-refractivity contribution is 7.21. The number of hydrogen-bond acceptors (Lipinski definition) is 5. The molecule has 1 aromatic carbocycles. The van der Waals surface area contributed by atoms with E-state index in [1.54, 1.807) is 18.2 Å². The molecule has 3 aromatic rings. The van der Waals surface area contributed by atoms with E-state index in [9.17, 15) is 18.0 Å². The molecule has 2 heterocycles. The summed E-state index contributed by atoms with van der Waals surface area (Å²) in [5.74, 6) is -0.894. The van der Waals surface area contributed by atoms with Gasteiger partial charge in [0.1, 0.15) is 9.71 Å². The summed E-state index contributed by atoms with van der Waals surface area (Å²) in [6.07, 6.45) is -4.67. The second-order valence-electron chi connectivity index (χ2n) is 5.07. The highest BCUT2D eigenvalue weighted by Gasteiger charge is 2.36. The van der Waals surface area contributed by atoms with E-state index in [2.05, 4.69) is 4.98 Å². The van der Waals surface area contributed by atoms with E-state index in [4.69, 9.17) is 17.2 Å². The molecule has 0 aliphatic carbocycles. The van der Waals surface area contributed by atoms with E-state index in [0.29, 0.717) is 11.3 Å². The predicted octanol–water partition coefficient (Wildman–Crippen LogP) is 3.25. The number of benzene rings is 1. The quantitative estimate of drug-likeness (QED) is 0.615. The predicted molar refractivity (Wildman–Crippen MR) is 87.4 cm³/mol. The average Bonchev–Trinajstić information content (AvgIpc) is 2.83. The largest absolute Gasteiger partial charge is 0.417 e. The Bertz CT molecular complexity index is 965. The molecule has 0 saturated heterocycles. The third kappa shape index (κ3) is 2.62. The summed E-state index contributed by atoms with van der Waals surface area (Å²) in [7, 11) is 0. The molecule has 0 spiro atoms. The highest BCUT2D eigenvalue weighted by atomic mass is 32.1. The molecule has 0 atom stereocenters. The number of hydrogen-bond donors (Lipinski definition) is 3. The van der Waals surface area contributed by atoms with Crippen molar-refractivity contribution >= 4 is 38.8 Å². The molecule has 0 unspecified atom stereocenters. The molecule has 1 amide bonds. The molecule has 24 heavy (non-hydrogen) atoms. The molecular formula is C15H11F3N4OS. The molecule has 0 bridgehead atoms. The molecule has 6 N–H and O–H groups in total. The van der Waals surface area contributed by atoms with Crippen LogP contribution >= 0.6 is 11.3 Å². The third-order valence-electron chi connectivity index (χ3n) is 3.41. The van der Waals surface area contributed by atoms with E-state index in [1.807, 2.05) is 0 Å². The van der Waals surface area contributed by atoms with Gasteiger partial charge in [0.05, 0.1) is 16.9 Å². The standard InChI is InChI=1S/C15H11F3N4OS/c16-15(17,18)8-5-9(6-2-1-3-7(19)4-6)22-14-10(8)11(20)12(24-14)13(21)23/h1-5H,19-20H2,(H2,21,23). The van der Waals surface area contributed by atoms with Crippen LogP contribution in [0.4, 0.5) is 24.5 Å². The molecule has 0 aliphatic heterocycles. The van der Waals surface area contributed by atoms with Gasteiger partial charge in [0.15, 0.2) is 0 Å². The Hall–Kier alpha value is -2.81. The summed E-state index contributed by atoms with van der Waals surface area (Å²) in [4.78, 5) is 15.4. The minimum absolute atomic E-state index is 0.00597. The Labute approximate surface area is 137 Å². The monoisotopic (exact) mass is 352 g/mol. The smallest absolute Gasteiger partial charge is 0.399 e. The van der Waals surface area contributed by atoms with Crippen molar-refractivity contribution in [1.82, 2.24) is 4.98 Å². The van der Waals surface area contributed by atoms with Crippen molar-refractivity contribution in [2.75, 3.05) is 11.5 Å². The fraction of sp³-hybridized carbons (Fsp3) is 0.0667. The van der Waals surface area contributed by atoms with Crippen LogP contribution in [0.25, 0.3) is 21.5 Å². The van der Waals surface area contributed by atoms with Gasteiger partial charge in [-0.15, -0.1) is 11.3 Å². The number of carbonyl (C=O) groups is 1. The zero-order valence-electron chi connectivity index (χ0n) is 12.0. The number of halogens is 3. The number of thiophene rings is 1. The Morgan fingerprint density at radius 1 is 1.17 bits per heavy atom. The van der Waals surface area contributed by atoms with Crippen molar-refractivity contribution in [3.8, 4) is 11.3 Å². The zero-order valence-corrected chi connectivity index (χ0v) is 12.8. The Balaban J connectivity index is 2.37. The third-order valence-corrected chi connectivity index (χ3v) is 4.52. The van der Waals surface area contributed by atoms with Crippen LogP contribution in [0.1, 0.15) is 15.2 Å². The number of primary amides is 1. The average molecular weight is 352 g/mol. The van der Waals surface area contributed by atoms with Gasteiger partial charge in [0, 0.05) is 16.6 Å². The van der Waals surface area contributed by atoms with Crippen LogP contribution in [-0.2, 0) is 6.18 Å². The molecule has 3 rings (SSSR count). The molecule has 0 fully saturated rings. The number of fused-ring (bicyclic) bond motifs is 1. The van der Waals surface area contributed by atoms with Crippen LogP contribution < -0.4 is 17.2 Å². The topological polar surface area (TPSA) is 108 Å². The van der Waals surface area contributed by atoms with Crippen LogP contribution in [0.3, 0.4) is 0 Å². The summed E-state index contributed by atoms with van der Waals surface area (Å²) in [6.45, 7) is 0. The minimum atomic E-state index is -4.67. The Morgan fingerprint density at radius 3 is 2.46 bits per heavy atom. The lowest BCUT2D eigenvalue weighted by Crippen LogP contribution is -2.11. The number of nitrogen functional groups attached to an aromatic ring is 2. The first-order valence-corrected chi connectivity index (χ1v) is 7.46. The van der Waals surface area contributed by atoms with E-state index in [1.165, 1.54) is 6.07 Å². The van der Waals surface area contributed by atoms with Gasteiger partial charge in [-0.25, -0.2) is 4.98 Å². The molecule has 0 aliphatic rings. The minimum Gasteiger partial charge on any atom is -0.399 e. The first kappa shape index (κ1) is 16.1. The van der Waals surface area contributed by atoms with Gasteiger partial charge in [-0.2, -0.15) is 13.2 Å². The molecule has 0 radical (unpaired) electrons. The number of amides is 1. The summed E-state index contributed by atoms with van der Waals surface area (Å²) < 4.78 is 40.4. The summed E-state index contributed by atoms with van der Waals surface area (Å²) in [6, 6.07) is 7.23. The van der Waals surface area contributed by atoms with Crippen molar-refractivity contribution in [3.05, 3.63) is 40.8 Å². The number of pyridine rings is 1. The SMILES string of the molecule is NC(=O)c1sc2nc(-c3cccc(N)c3)cc(C(F)(F)F)c2c1N. The molecule has 0 saturated carbocycles. The second-order valence-corrected chi connectivity index (χ2v) is 6.07. The second kappa shape index (κ2) is 5.38. The number of rotatable bonds is 2. The number of aromatic nitrogens is 1. The molecule has 5 nitrogen and oxygen atoms in total. The lowest BCUT2D eigenvalue weighted by Gasteiger charge is -2.11. The molecular weight excluding hydrogens is 341 g/mol. The van der Waals surface area contributed by atoms with E-state index in [0.717, 1.165) is 17.4 Å². The number of alkyl halides is 3. The van der Waals surface area contributed by atoms with E-state index in [-0.39, 0.29) is 26.5 Å². The maximum Gasteiger partial charge on any atom is 0.417 e. The van der Waals surface area contributed by atoms with Gasteiger partial charge < -0.3 is 17.2 Å². The van der Waals surface area contributed by atoms with Crippen LogP contribution in [0.15, 0.2) is 30.3 Å². The van der Waals surface area contributed by atoms with Gasteiger partial charge in [0.2, 0.25) is 0 Å². The first-order valence-electron chi connectivity index (χ1n) is 6.64. The van der Waals surface area contributed by atoms with Crippen molar-refractivity contribution in [1.29, 1.82) is 0 Å². The van der Waals surface area contributed by atoms with Crippen LogP contribution in [-0.4, -0.2) is 10.9 Å². The number of nitrogens with two attached hydrogens (primary N) is 3.